The van der Waals surface area contributed by atoms with Crippen molar-refractivity contribution < 1.29 is 17.6 Å². The van der Waals surface area contributed by atoms with E-state index in [1.54, 1.807) is 12.1 Å². The summed E-state index contributed by atoms with van der Waals surface area (Å²) in [4.78, 5) is 10.8. The lowest BCUT2D eigenvalue weighted by Gasteiger charge is -2.11. The quantitative estimate of drug-likeness (QED) is 0.895. The molecule has 2 N–H and O–H groups in total. The highest BCUT2D eigenvalue weighted by molar-refractivity contribution is 7.92. The molecule has 0 bridgehead atoms. The topological polar surface area (TPSA) is 75.3 Å². The number of benzene rings is 2. The van der Waals surface area contributed by atoms with Gasteiger partial charge in [0.25, 0.3) is 10.0 Å². The summed E-state index contributed by atoms with van der Waals surface area (Å²) in [5.41, 5.74) is 0.685. The standard InChI is InChI=1S/C14H12ClFN2O3S/c1-9(19)17-11-3-2-4-12(8-11)18-22(20,21)14-6-5-10(16)7-13(14)15/h2-8,18H,1H3,(H,17,19). The number of hydrogen-bond acceptors (Lipinski definition) is 3. The Hall–Kier alpha value is -2.12. The van der Waals surface area contributed by atoms with E-state index in [1.165, 1.54) is 19.1 Å². The molecular weight excluding hydrogens is 331 g/mol. The van der Waals surface area contributed by atoms with Crippen LogP contribution in [0.15, 0.2) is 47.4 Å². The average Bonchev–Trinajstić information content (AvgIpc) is 2.36. The van der Waals surface area contributed by atoms with E-state index in [-0.39, 0.29) is 21.5 Å². The average molecular weight is 343 g/mol. The molecule has 8 heteroatoms. The highest BCUT2D eigenvalue weighted by Gasteiger charge is 2.18. The van der Waals surface area contributed by atoms with Crippen LogP contribution in [0.25, 0.3) is 0 Å². The fourth-order valence-corrected chi connectivity index (χ4v) is 3.35. The number of amides is 1. The van der Waals surface area contributed by atoms with E-state index >= 15 is 0 Å². The smallest absolute Gasteiger partial charge is 0.263 e. The maximum absolute atomic E-state index is 13.0. The molecule has 0 saturated heterocycles. The van der Waals surface area contributed by atoms with Crippen molar-refractivity contribution in [3.63, 3.8) is 0 Å². The number of nitrogens with one attached hydrogen (secondary N) is 2. The Morgan fingerprint density at radius 3 is 2.45 bits per heavy atom. The van der Waals surface area contributed by atoms with Gasteiger partial charge in [-0.1, -0.05) is 17.7 Å². The number of rotatable bonds is 4. The number of sulfonamides is 1. The van der Waals surface area contributed by atoms with Gasteiger partial charge in [0.05, 0.1) is 10.7 Å². The Morgan fingerprint density at radius 2 is 1.82 bits per heavy atom. The zero-order valence-electron chi connectivity index (χ0n) is 11.4. The van der Waals surface area contributed by atoms with Gasteiger partial charge >= 0.3 is 0 Å². The highest BCUT2D eigenvalue weighted by Crippen LogP contribution is 2.25. The third-order valence-corrected chi connectivity index (χ3v) is 4.48. The minimum Gasteiger partial charge on any atom is -0.326 e. The van der Waals surface area contributed by atoms with Gasteiger partial charge in [0.2, 0.25) is 5.91 Å². The van der Waals surface area contributed by atoms with Gasteiger partial charge in [-0.15, -0.1) is 0 Å². The zero-order valence-corrected chi connectivity index (χ0v) is 13.0. The van der Waals surface area contributed by atoms with Gasteiger partial charge in [0.15, 0.2) is 0 Å². The summed E-state index contributed by atoms with van der Waals surface area (Å²) in [6.45, 7) is 1.34. The highest BCUT2D eigenvalue weighted by atomic mass is 35.5. The normalized spacial score (nSPS) is 11.0. The van der Waals surface area contributed by atoms with Crippen molar-refractivity contribution in [3.05, 3.63) is 53.3 Å². The second-order valence-corrected chi connectivity index (χ2v) is 6.50. The molecule has 0 aliphatic rings. The molecule has 0 fully saturated rings. The Kier molecular flexibility index (Phi) is 4.68. The largest absolute Gasteiger partial charge is 0.326 e. The molecular formula is C14H12ClFN2O3S. The Labute approximate surface area is 132 Å². The van der Waals surface area contributed by atoms with Gasteiger partial charge in [-0.3, -0.25) is 9.52 Å². The van der Waals surface area contributed by atoms with Crippen molar-refractivity contribution in [1.82, 2.24) is 0 Å². The Morgan fingerprint density at radius 1 is 1.14 bits per heavy atom. The third-order valence-electron chi connectivity index (χ3n) is 2.62. The van der Waals surface area contributed by atoms with Crippen molar-refractivity contribution in [2.75, 3.05) is 10.0 Å². The summed E-state index contributed by atoms with van der Waals surface area (Å²) in [5.74, 6) is -0.904. The first kappa shape index (κ1) is 16.3. The van der Waals surface area contributed by atoms with Crippen LogP contribution in [0, 0.1) is 5.82 Å². The summed E-state index contributed by atoms with van der Waals surface area (Å²) in [5, 5.41) is 2.32. The molecule has 0 saturated carbocycles. The SMILES string of the molecule is CC(=O)Nc1cccc(NS(=O)(=O)c2ccc(F)cc2Cl)c1. The van der Waals surface area contributed by atoms with E-state index < -0.39 is 15.8 Å². The van der Waals surface area contributed by atoms with Crippen LogP contribution in [-0.2, 0) is 14.8 Å². The molecule has 22 heavy (non-hydrogen) atoms. The third kappa shape index (κ3) is 3.96. The van der Waals surface area contributed by atoms with Crippen LogP contribution in [0.5, 0.6) is 0 Å². The van der Waals surface area contributed by atoms with Gasteiger partial charge < -0.3 is 5.32 Å². The van der Waals surface area contributed by atoms with Crippen molar-refractivity contribution in [2.24, 2.45) is 0 Å². The fraction of sp³-hybridized carbons (Fsp3) is 0.0714. The lowest BCUT2D eigenvalue weighted by molar-refractivity contribution is -0.114. The molecule has 0 spiro atoms. The molecule has 0 heterocycles. The Bertz CT molecular complexity index is 825. The molecule has 5 nitrogen and oxygen atoms in total. The maximum atomic E-state index is 13.0. The summed E-state index contributed by atoms with van der Waals surface area (Å²) in [7, 11) is -3.97. The van der Waals surface area contributed by atoms with Crippen LogP contribution in [0.4, 0.5) is 15.8 Å². The van der Waals surface area contributed by atoms with Crippen LogP contribution in [0.1, 0.15) is 6.92 Å². The first-order chi connectivity index (χ1) is 10.3. The summed E-state index contributed by atoms with van der Waals surface area (Å²) >= 11 is 5.76. The van der Waals surface area contributed by atoms with E-state index in [1.807, 2.05) is 0 Å². The first-order valence-corrected chi connectivity index (χ1v) is 7.99. The predicted molar refractivity (Wildman–Crippen MR) is 83.0 cm³/mol. The molecule has 0 atom stereocenters. The van der Waals surface area contributed by atoms with Crippen LogP contribution in [-0.4, -0.2) is 14.3 Å². The van der Waals surface area contributed by atoms with E-state index in [2.05, 4.69) is 10.0 Å². The fourth-order valence-electron chi connectivity index (χ4n) is 1.77. The van der Waals surface area contributed by atoms with Crippen LogP contribution >= 0.6 is 11.6 Å². The first-order valence-electron chi connectivity index (χ1n) is 6.13. The van der Waals surface area contributed by atoms with E-state index in [0.29, 0.717) is 5.69 Å². The maximum Gasteiger partial charge on any atom is 0.263 e. The number of halogens is 2. The second-order valence-electron chi connectivity index (χ2n) is 4.44. The molecule has 2 aromatic rings. The molecule has 0 aliphatic heterocycles. The molecule has 0 aromatic heterocycles. The number of carbonyl (C=O) groups excluding carboxylic acids is 1. The summed E-state index contributed by atoms with van der Waals surface area (Å²) in [6, 6.07) is 9.17. The lowest BCUT2D eigenvalue weighted by Crippen LogP contribution is -2.14. The molecule has 0 aliphatic carbocycles. The van der Waals surface area contributed by atoms with E-state index in [9.17, 15) is 17.6 Å². The second kappa shape index (κ2) is 6.33. The van der Waals surface area contributed by atoms with E-state index in [0.717, 1.165) is 18.2 Å². The molecule has 1 amide bonds. The minimum absolute atomic E-state index is 0.217. The van der Waals surface area contributed by atoms with Crippen molar-refractivity contribution >= 4 is 38.9 Å². The predicted octanol–water partition coefficient (Wildman–Crippen LogP) is 3.24. The Balaban J connectivity index is 2.30. The minimum atomic E-state index is -3.97. The van der Waals surface area contributed by atoms with Crippen molar-refractivity contribution in [1.29, 1.82) is 0 Å². The summed E-state index contributed by atoms with van der Waals surface area (Å²) < 4.78 is 39.8. The molecule has 2 aromatic carbocycles. The number of hydrogen-bond donors (Lipinski definition) is 2. The number of carbonyl (C=O) groups is 1. The van der Waals surface area contributed by atoms with Crippen molar-refractivity contribution in [3.8, 4) is 0 Å². The van der Waals surface area contributed by atoms with E-state index in [4.69, 9.17) is 11.6 Å². The van der Waals surface area contributed by atoms with Gasteiger partial charge in [0.1, 0.15) is 10.7 Å². The summed E-state index contributed by atoms with van der Waals surface area (Å²) in [6.07, 6.45) is 0. The van der Waals surface area contributed by atoms with Gasteiger partial charge in [-0.25, -0.2) is 12.8 Å². The van der Waals surface area contributed by atoms with Gasteiger partial charge in [-0.05, 0) is 36.4 Å². The lowest BCUT2D eigenvalue weighted by atomic mass is 10.3. The zero-order chi connectivity index (χ0) is 16.3. The molecule has 2 rings (SSSR count). The molecule has 0 radical (unpaired) electrons. The van der Waals surface area contributed by atoms with Gasteiger partial charge in [0, 0.05) is 12.6 Å². The van der Waals surface area contributed by atoms with Crippen molar-refractivity contribution in [2.45, 2.75) is 11.8 Å². The van der Waals surface area contributed by atoms with Crippen LogP contribution < -0.4 is 10.0 Å². The van der Waals surface area contributed by atoms with Crippen LogP contribution in [0.2, 0.25) is 5.02 Å². The number of anilines is 2. The monoisotopic (exact) mass is 342 g/mol. The van der Waals surface area contributed by atoms with Gasteiger partial charge in [-0.2, -0.15) is 0 Å². The molecule has 116 valence electrons. The van der Waals surface area contributed by atoms with Crippen LogP contribution in [0.3, 0.4) is 0 Å². The molecule has 0 unspecified atom stereocenters.